The monoisotopic (exact) mass is 330 g/mol. The van der Waals surface area contributed by atoms with E-state index in [-0.39, 0.29) is 12.4 Å². The summed E-state index contributed by atoms with van der Waals surface area (Å²) in [6, 6.07) is 1.75. The Balaban J connectivity index is 2.78. The molecule has 0 aliphatic heterocycles. The van der Waals surface area contributed by atoms with Gasteiger partial charge in [-0.2, -0.15) is 13.2 Å². The van der Waals surface area contributed by atoms with Gasteiger partial charge in [0.15, 0.2) is 0 Å². The van der Waals surface area contributed by atoms with E-state index < -0.39 is 12.6 Å². The Kier molecular flexibility index (Phi) is 5.06. The Labute approximate surface area is 111 Å². The van der Waals surface area contributed by atoms with Crippen LogP contribution in [0, 0.1) is 0 Å². The first-order valence-electron chi connectivity index (χ1n) is 4.82. The van der Waals surface area contributed by atoms with E-state index in [9.17, 15) is 13.2 Å². The summed E-state index contributed by atoms with van der Waals surface area (Å²) in [5.74, 6) is 0.686. The standard InChI is InChI=1S/C10H11BrClF3N2/c1-17(3-2-10(13,14)15)9-7(5-12)4-8(11)6-16-9/h4,6H,2-3,5H2,1H3. The maximum absolute atomic E-state index is 12.1. The summed E-state index contributed by atoms with van der Waals surface area (Å²) >= 11 is 8.97. The van der Waals surface area contributed by atoms with Gasteiger partial charge in [-0.05, 0) is 22.0 Å². The quantitative estimate of drug-likeness (QED) is 0.776. The summed E-state index contributed by atoms with van der Waals surface area (Å²) in [7, 11) is 1.57. The van der Waals surface area contributed by atoms with Gasteiger partial charge in [0.2, 0.25) is 0 Å². The summed E-state index contributed by atoms with van der Waals surface area (Å²) in [6.07, 6.45) is -3.50. The van der Waals surface area contributed by atoms with Crippen LogP contribution in [0.3, 0.4) is 0 Å². The predicted octanol–water partition coefficient (Wildman–Crippen LogP) is 3.97. The van der Waals surface area contributed by atoms with E-state index in [1.165, 1.54) is 11.1 Å². The van der Waals surface area contributed by atoms with Crippen molar-refractivity contribution in [1.82, 2.24) is 4.98 Å². The molecule has 1 rings (SSSR count). The molecule has 0 spiro atoms. The van der Waals surface area contributed by atoms with Crippen molar-refractivity contribution in [2.45, 2.75) is 18.5 Å². The molecule has 0 atom stereocenters. The first-order chi connectivity index (χ1) is 7.83. The second-order valence-corrected chi connectivity index (χ2v) is 4.74. The summed E-state index contributed by atoms with van der Waals surface area (Å²) in [4.78, 5) is 5.53. The van der Waals surface area contributed by atoms with Crippen LogP contribution in [-0.4, -0.2) is 24.8 Å². The van der Waals surface area contributed by atoms with Crippen molar-refractivity contribution in [1.29, 1.82) is 0 Å². The Morgan fingerprint density at radius 2 is 2.12 bits per heavy atom. The van der Waals surface area contributed by atoms with Gasteiger partial charge in [0.1, 0.15) is 5.82 Å². The summed E-state index contributed by atoms with van der Waals surface area (Å²) in [6.45, 7) is -0.137. The van der Waals surface area contributed by atoms with E-state index >= 15 is 0 Å². The lowest BCUT2D eigenvalue weighted by Crippen LogP contribution is -2.25. The van der Waals surface area contributed by atoms with Gasteiger partial charge >= 0.3 is 6.18 Å². The minimum Gasteiger partial charge on any atom is -0.359 e. The number of alkyl halides is 4. The van der Waals surface area contributed by atoms with Crippen molar-refractivity contribution in [2.24, 2.45) is 0 Å². The Bertz CT molecular complexity index is 384. The Morgan fingerprint density at radius 3 is 2.65 bits per heavy atom. The topological polar surface area (TPSA) is 16.1 Å². The van der Waals surface area contributed by atoms with Crippen LogP contribution in [0.2, 0.25) is 0 Å². The average Bonchev–Trinajstić information content (AvgIpc) is 2.24. The van der Waals surface area contributed by atoms with E-state index in [0.717, 1.165) is 4.47 Å². The second kappa shape index (κ2) is 5.91. The molecule has 0 saturated heterocycles. The van der Waals surface area contributed by atoms with E-state index in [1.807, 2.05) is 0 Å². The minimum absolute atomic E-state index is 0.137. The first-order valence-corrected chi connectivity index (χ1v) is 6.14. The maximum Gasteiger partial charge on any atom is 0.390 e. The van der Waals surface area contributed by atoms with Gasteiger partial charge in [-0.25, -0.2) is 4.98 Å². The zero-order chi connectivity index (χ0) is 13.1. The van der Waals surface area contributed by atoms with Crippen molar-refractivity contribution in [3.63, 3.8) is 0 Å². The van der Waals surface area contributed by atoms with Gasteiger partial charge in [0.25, 0.3) is 0 Å². The van der Waals surface area contributed by atoms with Gasteiger partial charge < -0.3 is 4.90 Å². The molecule has 2 nitrogen and oxygen atoms in total. The number of anilines is 1. The van der Waals surface area contributed by atoms with Crippen LogP contribution in [0.1, 0.15) is 12.0 Å². The lowest BCUT2D eigenvalue weighted by molar-refractivity contribution is -0.132. The van der Waals surface area contributed by atoms with E-state index in [1.54, 1.807) is 13.1 Å². The van der Waals surface area contributed by atoms with Crippen molar-refractivity contribution < 1.29 is 13.2 Å². The molecule has 7 heteroatoms. The van der Waals surface area contributed by atoms with E-state index in [2.05, 4.69) is 20.9 Å². The molecular formula is C10H11BrClF3N2. The van der Waals surface area contributed by atoms with Crippen molar-refractivity contribution in [3.05, 3.63) is 22.3 Å². The molecule has 17 heavy (non-hydrogen) atoms. The average molecular weight is 332 g/mol. The highest BCUT2D eigenvalue weighted by atomic mass is 79.9. The molecule has 0 amide bonds. The van der Waals surface area contributed by atoms with E-state index in [4.69, 9.17) is 11.6 Å². The van der Waals surface area contributed by atoms with Crippen LogP contribution in [0.4, 0.5) is 19.0 Å². The molecule has 1 aromatic rings. The highest BCUT2D eigenvalue weighted by molar-refractivity contribution is 9.10. The molecule has 0 bridgehead atoms. The van der Waals surface area contributed by atoms with Gasteiger partial charge in [0, 0.05) is 29.8 Å². The molecule has 0 N–H and O–H groups in total. The molecule has 0 aliphatic rings. The van der Waals surface area contributed by atoms with Crippen molar-refractivity contribution in [3.8, 4) is 0 Å². The van der Waals surface area contributed by atoms with Crippen LogP contribution in [0.5, 0.6) is 0 Å². The Hall–Kier alpha value is -0.490. The molecule has 0 aliphatic carbocycles. The molecular weight excluding hydrogens is 320 g/mol. The van der Waals surface area contributed by atoms with Crippen molar-refractivity contribution in [2.75, 3.05) is 18.5 Å². The molecule has 0 radical (unpaired) electrons. The van der Waals surface area contributed by atoms with E-state index in [0.29, 0.717) is 11.4 Å². The number of hydrogen-bond donors (Lipinski definition) is 0. The third-order valence-electron chi connectivity index (χ3n) is 2.15. The minimum atomic E-state index is -4.16. The van der Waals surface area contributed by atoms with Crippen LogP contribution in [-0.2, 0) is 5.88 Å². The van der Waals surface area contributed by atoms with Gasteiger partial charge in [-0.15, -0.1) is 11.6 Å². The lowest BCUT2D eigenvalue weighted by atomic mass is 10.2. The predicted molar refractivity (Wildman–Crippen MR) is 65.4 cm³/mol. The third kappa shape index (κ3) is 4.71. The zero-order valence-electron chi connectivity index (χ0n) is 9.06. The van der Waals surface area contributed by atoms with Crippen LogP contribution < -0.4 is 4.90 Å². The van der Waals surface area contributed by atoms with Crippen LogP contribution in [0.15, 0.2) is 16.7 Å². The Morgan fingerprint density at radius 1 is 1.47 bits per heavy atom. The fraction of sp³-hybridized carbons (Fsp3) is 0.500. The second-order valence-electron chi connectivity index (χ2n) is 3.56. The third-order valence-corrected chi connectivity index (χ3v) is 2.87. The highest BCUT2D eigenvalue weighted by Gasteiger charge is 2.27. The number of rotatable bonds is 4. The summed E-state index contributed by atoms with van der Waals surface area (Å²) in [5.41, 5.74) is 0.700. The van der Waals surface area contributed by atoms with Gasteiger partial charge in [-0.1, -0.05) is 0 Å². The molecule has 1 aromatic heterocycles. The smallest absolute Gasteiger partial charge is 0.359 e. The van der Waals surface area contributed by atoms with Crippen LogP contribution >= 0.6 is 27.5 Å². The zero-order valence-corrected chi connectivity index (χ0v) is 11.4. The first kappa shape index (κ1) is 14.6. The number of hydrogen-bond acceptors (Lipinski definition) is 2. The maximum atomic E-state index is 12.1. The number of pyridine rings is 1. The molecule has 0 aromatic carbocycles. The molecule has 96 valence electrons. The fourth-order valence-electron chi connectivity index (χ4n) is 1.32. The normalized spacial score (nSPS) is 11.6. The molecule has 1 heterocycles. The largest absolute Gasteiger partial charge is 0.390 e. The van der Waals surface area contributed by atoms with Crippen LogP contribution in [0.25, 0.3) is 0 Å². The number of halogens is 5. The van der Waals surface area contributed by atoms with Gasteiger partial charge in [-0.3, -0.25) is 0 Å². The summed E-state index contributed by atoms with van der Waals surface area (Å²) in [5, 5.41) is 0. The molecule has 0 unspecified atom stereocenters. The lowest BCUT2D eigenvalue weighted by Gasteiger charge is -2.21. The molecule has 0 fully saturated rings. The summed E-state index contributed by atoms with van der Waals surface area (Å²) < 4.78 is 37.0. The van der Waals surface area contributed by atoms with Gasteiger partial charge in [0.05, 0.1) is 12.3 Å². The molecule has 0 saturated carbocycles. The SMILES string of the molecule is CN(CCC(F)(F)F)c1ncc(Br)cc1CCl. The fourth-order valence-corrected chi connectivity index (χ4v) is 1.89. The van der Waals surface area contributed by atoms with Crippen molar-refractivity contribution >= 4 is 33.3 Å². The number of aromatic nitrogens is 1. The highest BCUT2D eigenvalue weighted by Crippen LogP contribution is 2.25. The number of nitrogens with zero attached hydrogens (tertiary/aromatic N) is 2.